The van der Waals surface area contributed by atoms with Gasteiger partial charge in [-0.25, -0.2) is 9.37 Å². The van der Waals surface area contributed by atoms with Crippen molar-refractivity contribution in [2.45, 2.75) is 19.4 Å². The van der Waals surface area contributed by atoms with E-state index < -0.39 is 0 Å². The minimum Gasteiger partial charge on any atom is -0.332 e. The van der Waals surface area contributed by atoms with Gasteiger partial charge in [0.1, 0.15) is 11.5 Å². The summed E-state index contributed by atoms with van der Waals surface area (Å²) in [6.45, 7) is 2.03. The normalized spacial score (nSPS) is 12.2. The van der Waals surface area contributed by atoms with Crippen molar-refractivity contribution in [3.63, 3.8) is 0 Å². The van der Waals surface area contributed by atoms with Gasteiger partial charge in [0.05, 0.1) is 17.4 Å². The van der Waals surface area contributed by atoms with Gasteiger partial charge >= 0.3 is 0 Å². The smallest absolute Gasteiger partial charge is 0.272 e. The standard InChI is InChI=1S/C21H19FN4OS/c1-3-18(16-9-4-5-10-23-16)25(2)20(27)19-13-28-21-24-17(12-26(19)21)14-7-6-8-15(22)11-14/h4-13,18H,3H2,1-2H3/t18-/m1/s1. The molecule has 1 aromatic carbocycles. The van der Waals surface area contributed by atoms with E-state index >= 15 is 0 Å². The number of amides is 1. The van der Waals surface area contributed by atoms with E-state index in [1.54, 1.807) is 40.9 Å². The summed E-state index contributed by atoms with van der Waals surface area (Å²) in [5.41, 5.74) is 2.72. The maximum Gasteiger partial charge on any atom is 0.272 e. The van der Waals surface area contributed by atoms with Crippen molar-refractivity contribution in [1.82, 2.24) is 19.3 Å². The number of imidazole rings is 1. The number of hydrogen-bond donors (Lipinski definition) is 0. The number of aromatic nitrogens is 3. The molecule has 4 rings (SSSR count). The van der Waals surface area contributed by atoms with E-state index in [1.807, 2.05) is 30.5 Å². The second-order valence-electron chi connectivity index (χ2n) is 6.50. The third-order valence-corrected chi connectivity index (χ3v) is 5.59. The van der Waals surface area contributed by atoms with Crippen molar-refractivity contribution >= 4 is 22.2 Å². The fourth-order valence-corrected chi connectivity index (χ4v) is 4.15. The van der Waals surface area contributed by atoms with Crippen molar-refractivity contribution in [3.8, 4) is 11.3 Å². The number of nitrogens with zero attached hydrogens (tertiary/aromatic N) is 4. The number of benzene rings is 1. The van der Waals surface area contributed by atoms with Gasteiger partial charge in [0.2, 0.25) is 0 Å². The minimum absolute atomic E-state index is 0.105. The van der Waals surface area contributed by atoms with E-state index in [-0.39, 0.29) is 17.8 Å². The van der Waals surface area contributed by atoms with Crippen LogP contribution in [-0.4, -0.2) is 32.2 Å². The van der Waals surface area contributed by atoms with Crippen LogP contribution in [-0.2, 0) is 0 Å². The average molecular weight is 394 g/mol. The van der Waals surface area contributed by atoms with Gasteiger partial charge in [0, 0.05) is 30.4 Å². The number of hydrogen-bond acceptors (Lipinski definition) is 4. The van der Waals surface area contributed by atoms with Crippen LogP contribution in [0, 0.1) is 5.82 Å². The summed E-state index contributed by atoms with van der Waals surface area (Å²) in [7, 11) is 1.79. The van der Waals surface area contributed by atoms with Crippen molar-refractivity contribution in [3.05, 3.63) is 77.4 Å². The Balaban J connectivity index is 1.67. The van der Waals surface area contributed by atoms with Gasteiger partial charge < -0.3 is 4.90 Å². The lowest BCUT2D eigenvalue weighted by atomic mass is 10.1. The molecule has 3 heterocycles. The SMILES string of the molecule is CC[C@H](c1ccccn1)N(C)C(=O)c1csc2nc(-c3cccc(F)c3)cn12. The Bertz CT molecular complexity index is 1120. The van der Waals surface area contributed by atoms with E-state index in [1.165, 1.54) is 23.5 Å². The minimum atomic E-state index is -0.314. The van der Waals surface area contributed by atoms with Gasteiger partial charge in [-0.3, -0.25) is 14.2 Å². The lowest BCUT2D eigenvalue weighted by molar-refractivity contribution is 0.0716. The zero-order valence-electron chi connectivity index (χ0n) is 15.5. The third kappa shape index (κ3) is 3.29. The molecule has 0 bridgehead atoms. The summed E-state index contributed by atoms with van der Waals surface area (Å²) >= 11 is 1.39. The molecule has 0 N–H and O–H groups in total. The predicted octanol–water partition coefficient (Wildman–Crippen LogP) is 4.82. The molecule has 28 heavy (non-hydrogen) atoms. The summed E-state index contributed by atoms with van der Waals surface area (Å²) in [5, 5.41) is 1.81. The fraction of sp³-hybridized carbons (Fsp3) is 0.190. The maximum atomic E-state index is 13.5. The monoisotopic (exact) mass is 394 g/mol. The highest BCUT2D eigenvalue weighted by molar-refractivity contribution is 7.15. The largest absolute Gasteiger partial charge is 0.332 e. The second-order valence-corrected chi connectivity index (χ2v) is 7.34. The highest BCUT2D eigenvalue weighted by atomic mass is 32.1. The first-order valence-electron chi connectivity index (χ1n) is 8.99. The van der Waals surface area contributed by atoms with E-state index in [0.29, 0.717) is 21.9 Å². The van der Waals surface area contributed by atoms with Gasteiger partial charge in [-0.15, -0.1) is 11.3 Å². The summed E-state index contributed by atoms with van der Waals surface area (Å²) < 4.78 is 15.3. The first kappa shape index (κ1) is 18.3. The summed E-state index contributed by atoms with van der Waals surface area (Å²) in [4.78, 5) is 24.5. The number of fused-ring (bicyclic) bond motifs is 1. The number of halogens is 1. The molecule has 1 atom stereocenters. The zero-order valence-corrected chi connectivity index (χ0v) is 16.4. The summed E-state index contributed by atoms with van der Waals surface area (Å²) in [6.07, 6.45) is 4.27. The molecule has 0 saturated carbocycles. The van der Waals surface area contributed by atoms with E-state index in [2.05, 4.69) is 9.97 Å². The Morgan fingerprint density at radius 2 is 2.14 bits per heavy atom. The van der Waals surface area contributed by atoms with Crippen LogP contribution in [0.5, 0.6) is 0 Å². The quantitative estimate of drug-likeness (QED) is 0.488. The molecule has 142 valence electrons. The predicted molar refractivity (Wildman–Crippen MR) is 108 cm³/mol. The van der Waals surface area contributed by atoms with Gasteiger partial charge in [-0.05, 0) is 30.7 Å². The molecule has 0 radical (unpaired) electrons. The van der Waals surface area contributed by atoms with E-state index in [9.17, 15) is 9.18 Å². The number of pyridine rings is 1. The molecule has 0 aliphatic heterocycles. The van der Waals surface area contributed by atoms with Crippen molar-refractivity contribution in [1.29, 1.82) is 0 Å². The van der Waals surface area contributed by atoms with Crippen LogP contribution in [0.25, 0.3) is 16.2 Å². The van der Waals surface area contributed by atoms with Crippen molar-refractivity contribution < 1.29 is 9.18 Å². The lowest BCUT2D eigenvalue weighted by Crippen LogP contribution is -2.32. The lowest BCUT2D eigenvalue weighted by Gasteiger charge is -2.26. The Labute approximate surface area is 166 Å². The molecule has 4 aromatic rings. The molecule has 0 saturated heterocycles. The average Bonchev–Trinajstić information content (AvgIpc) is 3.29. The van der Waals surface area contributed by atoms with Gasteiger partial charge in [0.25, 0.3) is 5.91 Å². The van der Waals surface area contributed by atoms with Crippen LogP contribution in [0.3, 0.4) is 0 Å². The first-order valence-corrected chi connectivity index (χ1v) is 9.87. The second kappa shape index (κ2) is 7.52. The Morgan fingerprint density at radius 3 is 2.86 bits per heavy atom. The fourth-order valence-electron chi connectivity index (χ4n) is 3.30. The Kier molecular flexibility index (Phi) is 4.92. The Morgan fingerprint density at radius 1 is 1.29 bits per heavy atom. The van der Waals surface area contributed by atoms with E-state index in [0.717, 1.165) is 12.1 Å². The molecule has 0 aliphatic carbocycles. The van der Waals surface area contributed by atoms with Crippen molar-refractivity contribution in [2.24, 2.45) is 0 Å². The number of rotatable bonds is 5. The summed E-state index contributed by atoms with van der Waals surface area (Å²) in [5.74, 6) is -0.419. The van der Waals surface area contributed by atoms with Gasteiger partial charge in [-0.2, -0.15) is 0 Å². The molecule has 0 spiro atoms. The Hall–Kier alpha value is -3.06. The molecule has 1 amide bonds. The van der Waals surface area contributed by atoms with E-state index in [4.69, 9.17) is 0 Å². The first-order chi connectivity index (χ1) is 13.6. The highest BCUT2D eigenvalue weighted by Gasteiger charge is 2.25. The van der Waals surface area contributed by atoms with Crippen LogP contribution in [0.4, 0.5) is 4.39 Å². The van der Waals surface area contributed by atoms with Gasteiger partial charge in [0.15, 0.2) is 4.96 Å². The molecular weight excluding hydrogens is 375 g/mol. The topological polar surface area (TPSA) is 50.5 Å². The molecule has 7 heteroatoms. The van der Waals surface area contributed by atoms with Crippen LogP contribution in [0.1, 0.15) is 35.6 Å². The van der Waals surface area contributed by atoms with Crippen molar-refractivity contribution in [2.75, 3.05) is 7.05 Å². The molecule has 0 unspecified atom stereocenters. The number of carbonyl (C=O) groups excluding carboxylic acids is 1. The number of thiazole rings is 1. The van der Waals surface area contributed by atoms with Crippen LogP contribution in [0.2, 0.25) is 0 Å². The molecule has 0 fully saturated rings. The molecule has 0 aliphatic rings. The summed E-state index contributed by atoms with van der Waals surface area (Å²) in [6, 6.07) is 11.9. The number of carbonyl (C=O) groups is 1. The molecular formula is C21H19FN4OS. The van der Waals surface area contributed by atoms with Crippen LogP contribution in [0.15, 0.2) is 60.2 Å². The third-order valence-electron chi connectivity index (χ3n) is 4.75. The maximum absolute atomic E-state index is 13.5. The zero-order chi connectivity index (χ0) is 19.7. The molecule has 5 nitrogen and oxygen atoms in total. The molecule has 3 aromatic heterocycles. The van der Waals surface area contributed by atoms with Crippen LogP contribution >= 0.6 is 11.3 Å². The van der Waals surface area contributed by atoms with Gasteiger partial charge in [-0.1, -0.05) is 25.1 Å². The van der Waals surface area contributed by atoms with Crippen LogP contribution < -0.4 is 0 Å². The highest BCUT2D eigenvalue weighted by Crippen LogP contribution is 2.27.